The molecule has 0 aromatic heterocycles. The van der Waals surface area contributed by atoms with Crippen LogP contribution >= 0.6 is 0 Å². The minimum Gasteiger partial charge on any atom is -0.481 e. The van der Waals surface area contributed by atoms with E-state index in [0.29, 0.717) is 6.42 Å². The molecule has 4 nitrogen and oxygen atoms in total. The van der Waals surface area contributed by atoms with E-state index in [1.54, 1.807) is 6.92 Å². The number of carbonyl (C=O) groups is 1. The molecule has 0 aromatic rings. The van der Waals surface area contributed by atoms with Crippen LogP contribution < -0.4 is 5.73 Å². The Balaban J connectivity index is -0.000000842. The number of aliphatic carboxylic acids is 1. The van der Waals surface area contributed by atoms with Gasteiger partial charge in [0.15, 0.2) is 0 Å². The third-order valence-corrected chi connectivity index (χ3v) is 5.46. The first-order valence-corrected chi connectivity index (χ1v) is 14.3. The number of allylic oxidation sites excluding steroid dienone is 2. The molecule has 0 aliphatic carbocycles. The van der Waals surface area contributed by atoms with Gasteiger partial charge in [0.25, 0.3) is 0 Å². The van der Waals surface area contributed by atoms with E-state index in [1.165, 1.54) is 116 Å². The van der Waals surface area contributed by atoms with Crippen LogP contribution in [0.3, 0.4) is 0 Å². The Labute approximate surface area is 207 Å². The lowest BCUT2D eigenvalue weighted by atomic mass is 10.1. The first kappa shape index (κ1) is 36.7. The Kier molecular flexibility index (Phi) is 42.7. The third kappa shape index (κ3) is 49.4. The Morgan fingerprint density at radius 3 is 1.27 bits per heavy atom. The summed E-state index contributed by atoms with van der Waals surface area (Å²) in [7, 11) is 0. The van der Waals surface area contributed by atoms with E-state index in [-0.39, 0.29) is 6.61 Å². The number of unbranched alkanes of at least 4 members (excludes halogenated alkanes) is 17. The first-order chi connectivity index (χ1) is 16.1. The lowest BCUT2D eigenvalue weighted by Crippen LogP contribution is -1.96. The maximum absolute atomic E-state index is 10.4. The molecule has 200 valence electrons. The zero-order valence-electron chi connectivity index (χ0n) is 22.8. The Hall–Kier alpha value is -0.870. The normalized spacial score (nSPS) is 10.5. The molecule has 0 saturated heterocycles. The SMILES string of the molecule is CCCCCCCC/C=C\CCCCCCCCCCCC(=O)O.CCCCCN.CCO. The van der Waals surface area contributed by atoms with Gasteiger partial charge in [0, 0.05) is 13.0 Å². The number of aliphatic hydroxyl groups excluding tert-OH is 1. The van der Waals surface area contributed by atoms with Gasteiger partial charge < -0.3 is 15.9 Å². The third-order valence-electron chi connectivity index (χ3n) is 5.46. The predicted molar refractivity (Wildman–Crippen MR) is 147 cm³/mol. The quantitative estimate of drug-likeness (QED) is 0.109. The molecule has 0 rings (SSSR count). The summed E-state index contributed by atoms with van der Waals surface area (Å²) in [6.07, 6.45) is 30.9. The smallest absolute Gasteiger partial charge is 0.303 e. The molecule has 4 N–H and O–H groups in total. The van der Waals surface area contributed by atoms with Crippen molar-refractivity contribution < 1.29 is 15.0 Å². The molecule has 0 radical (unpaired) electrons. The number of hydrogen-bond acceptors (Lipinski definition) is 3. The maximum Gasteiger partial charge on any atom is 0.303 e. The fraction of sp³-hybridized carbons (Fsp3) is 0.897. The molecule has 0 aliphatic rings. The van der Waals surface area contributed by atoms with Gasteiger partial charge in [0.1, 0.15) is 0 Å². The van der Waals surface area contributed by atoms with E-state index in [9.17, 15) is 4.79 Å². The van der Waals surface area contributed by atoms with Gasteiger partial charge in [0.2, 0.25) is 0 Å². The average molecular weight is 472 g/mol. The van der Waals surface area contributed by atoms with Crippen LogP contribution in [0.15, 0.2) is 12.2 Å². The number of aliphatic hydroxyl groups is 1. The number of carboxylic acids is 1. The molecule has 0 heterocycles. The van der Waals surface area contributed by atoms with E-state index in [1.807, 2.05) is 0 Å². The van der Waals surface area contributed by atoms with Crippen LogP contribution in [0, 0.1) is 0 Å². The minimum absolute atomic E-state index is 0.250. The number of nitrogens with two attached hydrogens (primary N) is 1. The monoisotopic (exact) mass is 471 g/mol. The van der Waals surface area contributed by atoms with Gasteiger partial charge in [-0.05, 0) is 52.0 Å². The van der Waals surface area contributed by atoms with Crippen molar-refractivity contribution in [2.45, 2.75) is 156 Å². The largest absolute Gasteiger partial charge is 0.481 e. The van der Waals surface area contributed by atoms with E-state index in [4.69, 9.17) is 15.9 Å². The molecule has 4 heteroatoms. The van der Waals surface area contributed by atoms with E-state index in [2.05, 4.69) is 26.0 Å². The molecule has 0 fully saturated rings. The summed E-state index contributed by atoms with van der Waals surface area (Å²) in [6, 6.07) is 0. The summed E-state index contributed by atoms with van der Waals surface area (Å²) in [4.78, 5) is 10.4. The van der Waals surface area contributed by atoms with E-state index >= 15 is 0 Å². The van der Waals surface area contributed by atoms with Crippen molar-refractivity contribution in [3.63, 3.8) is 0 Å². The Morgan fingerprint density at radius 2 is 0.939 bits per heavy atom. The molecule has 0 amide bonds. The number of rotatable bonds is 22. The minimum atomic E-state index is -0.656. The van der Waals surface area contributed by atoms with Crippen molar-refractivity contribution in [3.8, 4) is 0 Å². The summed E-state index contributed by atoms with van der Waals surface area (Å²) in [5.74, 6) is -0.656. The van der Waals surface area contributed by atoms with Crippen molar-refractivity contribution in [1.82, 2.24) is 0 Å². The van der Waals surface area contributed by atoms with Gasteiger partial charge in [-0.1, -0.05) is 116 Å². The first-order valence-electron chi connectivity index (χ1n) is 14.3. The van der Waals surface area contributed by atoms with E-state index in [0.717, 1.165) is 19.4 Å². The van der Waals surface area contributed by atoms with Crippen LogP contribution in [0.1, 0.15) is 156 Å². The Morgan fingerprint density at radius 1 is 0.606 bits per heavy atom. The molecular formula is C29H61NO3. The van der Waals surface area contributed by atoms with Crippen molar-refractivity contribution in [2.24, 2.45) is 5.73 Å². The molecule has 0 atom stereocenters. The van der Waals surface area contributed by atoms with Crippen molar-refractivity contribution >= 4 is 5.97 Å². The molecule has 0 saturated carbocycles. The highest BCUT2D eigenvalue weighted by molar-refractivity contribution is 5.66. The van der Waals surface area contributed by atoms with Crippen LogP contribution in [-0.2, 0) is 4.79 Å². The molecule has 0 spiro atoms. The van der Waals surface area contributed by atoms with Gasteiger partial charge in [-0.15, -0.1) is 0 Å². The van der Waals surface area contributed by atoms with Gasteiger partial charge in [-0.3, -0.25) is 4.79 Å². The zero-order chi connectivity index (χ0) is 25.3. The summed E-state index contributed by atoms with van der Waals surface area (Å²) in [5, 5.41) is 16.1. The fourth-order valence-electron chi connectivity index (χ4n) is 3.45. The van der Waals surface area contributed by atoms with Gasteiger partial charge >= 0.3 is 5.97 Å². The highest BCUT2D eigenvalue weighted by Gasteiger charge is 1.96. The van der Waals surface area contributed by atoms with Gasteiger partial charge in [-0.25, -0.2) is 0 Å². The zero-order valence-corrected chi connectivity index (χ0v) is 22.8. The second kappa shape index (κ2) is 38.4. The Bertz CT molecular complexity index is 355. The highest BCUT2D eigenvalue weighted by atomic mass is 16.4. The molecule has 0 aliphatic heterocycles. The number of carboxylic acid groups (broad SMARTS) is 1. The maximum atomic E-state index is 10.4. The van der Waals surface area contributed by atoms with E-state index < -0.39 is 5.97 Å². The van der Waals surface area contributed by atoms with Crippen molar-refractivity contribution in [3.05, 3.63) is 12.2 Å². The van der Waals surface area contributed by atoms with Crippen LogP contribution in [0.2, 0.25) is 0 Å². The highest BCUT2D eigenvalue weighted by Crippen LogP contribution is 2.12. The molecule has 0 unspecified atom stereocenters. The number of hydrogen-bond donors (Lipinski definition) is 3. The molecule has 0 aromatic carbocycles. The second-order valence-corrected chi connectivity index (χ2v) is 8.95. The van der Waals surface area contributed by atoms with Gasteiger partial charge in [0.05, 0.1) is 0 Å². The summed E-state index contributed by atoms with van der Waals surface area (Å²) in [6.45, 7) is 7.23. The van der Waals surface area contributed by atoms with Crippen LogP contribution in [0.4, 0.5) is 0 Å². The summed E-state index contributed by atoms with van der Waals surface area (Å²) < 4.78 is 0. The van der Waals surface area contributed by atoms with Crippen molar-refractivity contribution in [1.29, 1.82) is 0 Å². The fourth-order valence-corrected chi connectivity index (χ4v) is 3.45. The lowest BCUT2D eigenvalue weighted by Gasteiger charge is -2.01. The van der Waals surface area contributed by atoms with Crippen LogP contribution in [0.25, 0.3) is 0 Å². The lowest BCUT2D eigenvalue weighted by molar-refractivity contribution is -0.137. The summed E-state index contributed by atoms with van der Waals surface area (Å²) >= 11 is 0. The topological polar surface area (TPSA) is 83.5 Å². The summed E-state index contributed by atoms with van der Waals surface area (Å²) in [5.41, 5.74) is 5.21. The van der Waals surface area contributed by atoms with Crippen LogP contribution in [-0.4, -0.2) is 29.3 Å². The molecular weight excluding hydrogens is 410 g/mol. The molecule has 33 heavy (non-hydrogen) atoms. The second-order valence-electron chi connectivity index (χ2n) is 8.95. The molecule has 0 bridgehead atoms. The standard InChI is InChI=1S/C22H42O2.C5H13N.C2H6O/c1-2-3-4-5-6-7-8-9-10-11-12-13-14-15-16-17-18-19-20-21-22(23)24;1-2-3-4-5-6;1-2-3/h9-10H,2-8,11-21H2,1H3,(H,23,24);2-6H2,1H3;3H,2H2,1H3/b10-9-;;. The average Bonchev–Trinajstić information content (AvgIpc) is 2.80. The predicted octanol–water partition coefficient (Wildman–Crippen LogP) is 8.80. The van der Waals surface area contributed by atoms with Crippen molar-refractivity contribution in [2.75, 3.05) is 13.2 Å². The van der Waals surface area contributed by atoms with Gasteiger partial charge in [-0.2, -0.15) is 0 Å². The van der Waals surface area contributed by atoms with Crippen LogP contribution in [0.5, 0.6) is 0 Å².